The Morgan fingerprint density at radius 1 is 1.40 bits per heavy atom. The van der Waals surface area contributed by atoms with Gasteiger partial charge in [-0.1, -0.05) is 12.1 Å². The highest BCUT2D eigenvalue weighted by Crippen LogP contribution is 2.10. The molecule has 1 aliphatic rings. The Morgan fingerprint density at radius 3 is 2.73 bits per heavy atom. The van der Waals surface area contributed by atoms with Crippen molar-refractivity contribution in [1.82, 2.24) is 10.6 Å². The van der Waals surface area contributed by atoms with Crippen LogP contribution in [-0.4, -0.2) is 23.6 Å². The number of rotatable bonds is 3. The van der Waals surface area contributed by atoms with E-state index in [-0.39, 0.29) is 17.7 Å². The highest BCUT2D eigenvalue weighted by atomic mass is 16.3. The van der Waals surface area contributed by atoms with Crippen LogP contribution in [0.5, 0.6) is 5.75 Å². The van der Waals surface area contributed by atoms with Gasteiger partial charge in [0.25, 0.3) is 0 Å². The van der Waals surface area contributed by atoms with Crippen molar-refractivity contribution in [2.75, 3.05) is 6.54 Å². The van der Waals surface area contributed by atoms with Crippen molar-refractivity contribution < 1.29 is 9.90 Å². The first-order valence-electron chi connectivity index (χ1n) is 5.02. The molecule has 2 rings (SSSR count). The predicted octanol–water partition coefficient (Wildman–Crippen LogP) is 0.370. The zero-order chi connectivity index (χ0) is 10.7. The van der Waals surface area contributed by atoms with Gasteiger partial charge in [0, 0.05) is 25.6 Å². The zero-order valence-electron chi connectivity index (χ0n) is 8.36. The van der Waals surface area contributed by atoms with Gasteiger partial charge < -0.3 is 15.7 Å². The smallest absolute Gasteiger partial charge is 0.221 e. The third-order valence-corrected chi connectivity index (χ3v) is 2.51. The van der Waals surface area contributed by atoms with Gasteiger partial charge in [-0.05, 0) is 17.7 Å². The molecule has 1 unspecified atom stereocenters. The van der Waals surface area contributed by atoms with Crippen LogP contribution in [0.1, 0.15) is 12.0 Å². The molecule has 0 radical (unpaired) electrons. The number of nitrogens with one attached hydrogen (secondary N) is 2. The molecule has 1 aliphatic heterocycles. The molecule has 1 fully saturated rings. The third kappa shape index (κ3) is 2.70. The van der Waals surface area contributed by atoms with Crippen LogP contribution in [0.2, 0.25) is 0 Å². The molecule has 1 atom stereocenters. The molecule has 0 aromatic heterocycles. The standard InChI is InChI=1S/C11H14N2O2/c14-10-3-1-8(2-4-10)6-12-9-5-11(15)13-7-9/h1-4,9,12,14H,5-7H2,(H,13,15). The minimum Gasteiger partial charge on any atom is -0.508 e. The molecule has 0 saturated carbocycles. The van der Waals surface area contributed by atoms with Crippen molar-refractivity contribution in [2.24, 2.45) is 0 Å². The number of phenolic OH excluding ortho intramolecular Hbond substituents is 1. The molecule has 15 heavy (non-hydrogen) atoms. The van der Waals surface area contributed by atoms with E-state index in [0.29, 0.717) is 13.0 Å². The maximum absolute atomic E-state index is 10.9. The SMILES string of the molecule is O=C1CC(NCc2ccc(O)cc2)CN1. The molecular weight excluding hydrogens is 192 g/mol. The van der Waals surface area contributed by atoms with Gasteiger partial charge in [0.2, 0.25) is 5.91 Å². The van der Waals surface area contributed by atoms with Crippen LogP contribution in [0.3, 0.4) is 0 Å². The second-order valence-corrected chi connectivity index (χ2v) is 3.75. The Bertz CT molecular complexity index is 348. The Hall–Kier alpha value is -1.55. The normalized spacial score (nSPS) is 20.3. The Balaban J connectivity index is 1.83. The average molecular weight is 206 g/mol. The Morgan fingerprint density at radius 2 is 2.13 bits per heavy atom. The third-order valence-electron chi connectivity index (χ3n) is 2.51. The van der Waals surface area contributed by atoms with Gasteiger partial charge in [0.1, 0.15) is 5.75 Å². The number of carbonyl (C=O) groups excluding carboxylic acids is 1. The summed E-state index contributed by atoms with van der Waals surface area (Å²) in [6.07, 6.45) is 0.554. The topological polar surface area (TPSA) is 61.4 Å². The first-order valence-corrected chi connectivity index (χ1v) is 5.02. The number of hydrogen-bond acceptors (Lipinski definition) is 3. The molecule has 0 spiro atoms. The molecule has 1 heterocycles. The second-order valence-electron chi connectivity index (χ2n) is 3.75. The van der Waals surface area contributed by atoms with Gasteiger partial charge in [-0.3, -0.25) is 4.79 Å². The number of hydrogen-bond donors (Lipinski definition) is 3. The average Bonchev–Trinajstić information content (AvgIpc) is 2.64. The van der Waals surface area contributed by atoms with Crippen molar-refractivity contribution >= 4 is 5.91 Å². The van der Waals surface area contributed by atoms with E-state index in [4.69, 9.17) is 5.11 Å². The quantitative estimate of drug-likeness (QED) is 0.669. The van der Waals surface area contributed by atoms with E-state index >= 15 is 0 Å². The van der Waals surface area contributed by atoms with E-state index in [0.717, 1.165) is 12.1 Å². The first kappa shape index (κ1) is 9.98. The van der Waals surface area contributed by atoms with Crippen molar-refractivity contribution in [3.63, 3.8) is 0 Å². The molecule has 1 saturated heterocycles. The fraction of sp³-hybridized carbons (Fsp3) is 0.364. The highest BCUT2D eigenvalue weighted by molar-refractivity contribution is 5.78. The van der Waals surface area contributed by atoms with Gasteiger partial charge in [-0.25, -0.2) is 0 Å². The number of phenols is 1. The molecule has 1 aromatic rings. The molecule has 80 valence electrons. The lowest BCUT2D eigenvalue weighted by atomic mass is 10.2. The molecule has 1 aromatic carbocycles. The van der Waals surface area contributed by atoms with Gasteiger partial charge in [0.05, 0.1) is 0 Å². The summed E-state index contributed by atoms with van der Waals surface area (Å²) in [7, 11) is 0. The maximum atomic E-state index is 10.9. The molecule has 4 nitrogen and oxygen atoms in total. The van der Waals surface area contributed by atoms with E-state index in [1.807, 2.05) is 12.1 Å². The summed E-state index contributed by atoms with van der Waals surface area (Å²) in [4.78, 5) is 10.9. The van der Waals surface area contributed by atoms with Crippen LogP contribution >= 0.6 is 0 Å². The number of amides is 1. The molecule has 0 bridgehead atoms. The largest absolute Gasteiger partial charge is 0.508 e. The lowest BCUT2D eigenvalue weighted by Gasteiger charge is -2.09. The van der Waals surface area contributed by atoms with E-state index in [9.17, 15) is 4.79 Å². The molecular formula is C11H14N2O2. The van der Waals surface area contributed by atoms with Gasteiger partial charge in [-0.2, -0.15) is 0 Å². The van der Waals surface area contributed by atoms with E-state index in [1.54, 1.807) is 12.1 Å². The van der Waals surface area contributed by atoms with Crippen LogP contribution < -0.4 is 10.6 Å². The summed E-state index contributed by atoms with van der Waals surface area (Å²) in [6.45, 7) is 1.43. The Labute approximate surface area is 88.3 Å². The molecule has 4 heteroatoms. The summed E-state index contributed by atoms with van der Waals surface area (Å²) < 4.78 is 0. The predicted molar refractivity (Wildman–Crippen MR) is 56.4 cm³/mol. The Kier molecular flexibility index (Phi) is 2.87. The van der Waals surface area contributed by atoms with Crippen molar-refractivity contribution in [3.8, 4) is 5.75 Å². The lowest BCUT2D eigenvalue weighted by molar-refractivity contribution is -0.119. The zero-order valence-corrected chi connectivity index (χ0v) is 8.36. The monoisotopic (exact) mass is 206 g/mol. The summed E-state index contributed by atoms with van der Waals surface area (Å²) in [5.41, 5.74) is 1.10. The maximum Gasteiger partial charge on any atom is 0.221 e. The minimum absolute atomic E-state index is 0.109. The van der Waals surface area contributed by atoms with Crippen LogP contribution in [0, 0.1) is 0 Å². The van der Waals surface area contributed by atoms with Gasteiger partial charge in [-0.15, -0.1) is 0 Å². The summed E-state index contributed by atoms with van der Waals surface area (Å²) >= 11 is 0. The number of aromatic hydroxyl groups is 1. The van der Waals surface area contributed by atoms with Gasteiger partial charge >= 0.3 is 0 Å². The van der Waals surface area contributed by atoms with E-state index < -0.39 is 0 Å². The summed E-state index contributed by atoms with van der Waals surface area (Å²) in [6, 6.07) is 7.29. The van der Waals surface area contributed by atoms with E-state index in [2.05, 4.69) is 10.6 Å². The number of carbonyl (C=O) groups is 1. The summed E-state index contributed by atoms with van der Waals surface area (Å²) in [5.74, 6) is 0.384. The second kappa shape index (κ2) is 4.31. The first-order chi connectivity index (χ1) is 7.24. The van der Waals surface area contributed by atoms with Crippen molar-refractivity contribution in [2.45, 2.75) is 19.0 Å². The van der Waals surface area contributed by atoms with Crippen molar-refractivity contribution in [1.29, 1.82) is 0 Å². The van der Waals surface area contributed by atoms with Crippen LogP contribution in [0.15, 0.2) is 24.3 Å². The lowest BCUT2D eigenvalue weighted by Crippen LogP contribution is -2.30. The van der Waals surface area contributed by atoms with E-state index in [1.165, 1.54) is 0 Å². The van der Waals surface area contributed by atoms with Crippen LogP contribution in [0.25, 0.3) is 0 Å². The highest BCUT2D eigenvalue weighted by Gasteiger charge is 2.20. The molecule has 1 amide bonds. The number of benzene rings is 1. The van der Waals surface area contributed by atoms with Crippen LogP contribution in [0.4, 0.5) is 0 Å². The summed E-state index contributed by atoms with van der Waals surface area (Å²) in [5, 5.41) is 15.2. The molecule has 0 aliphatic carbocycles. The minimum atomic E-state index is 0.109. The van der Waals surface area contributed by atoms with Gasteiger partial charge in [0.15, 0.2) is 0 Å². The van der Waals surface area contributed by atoms with Crippen molar-refractivity contribution in [3.05, 3.63) is 29.8 Å². The van der Waals surface area contributed by atoms with Crippen LogP contribution in [-0.2, 0) is 11.3 Å². The fourth-order valence-corrected chi connectivity index (χ4v) is 1.63. The molecule has 3 N–H and O–H groups in total. The fourth-order valence-electron chi connectivity index (χ4n) is 1.63.